The van der Waals surface area contributed by atoms with Crippen LogP contribution < -0.4 is 5.32 Å². The standard InChI is InChI=1S/C14H14ClFN2/c1-2-18-14(10-4-3-7-17-9-10)12-8-11(15)5-6-13(12)16/h3-9,14,18H,2H2,1H3. The van der Waals surface area contributed by atoms with E-state index < -0.39 is 0 Å². The Morgan fingerprint density at radius 1 is 1.39 bits per heavy atom. The molecule has 0 bridgehead atoms. The van der Waals surface area contributed by atoms with E-state index >= 15 is 0 Å². The lowest BCUT2D eigenvalue weighted by Gasteiger charge is -2.19. The van der Waals surface area contributed by atoms with Crippen molar-refractivity contribution in [2.24, 2.45) is 0 Å². The van der Waals surface area contributed by atoms with Crippen LogP contribution in [0.3, 0.4) is 0 Å². The molecule has 1 aromatic heterocycles. The molecule has 0 saturated carbocycles. The summed E-state index contributed by atoms with van der Waals surface area (Å²) >= 11 is 5.94. The highest BCUT2D eigenvalue weighted by atomic mass is 35.5. The molecule has 18 heavy (non-hydrogen) atoms. The molecule has 0 saturated heterocycles. The first-order valence-corrected chi connectivity index (χ1v) is 6.18. The molecule has 1 heterocycles. The molecule has 1 atom stereocenters. The lowest BCUT2D eigenvalue weighted by atomic mass is 9.99. The average molecular weight is 265 g/mol. The van der Waals surface area contributed by atoms with Gasteiger partial charge in [-0.2, -0.15) is 0 Å². The average Bonchev–Trinajstić information content (AvgIpc) is 2.40. The van der Waals surface area contributed by atoms with Crippen molar-refractivity contribution in [1.82, 2.24) is 10.3 Å². The van der Waals surface area contributed by atoms with Crippen LogP contribution in [0.4, 0.5) is 4.39 Å². The minimum atomic E-state index is -0.269. The van der Waals surface area contributed by atoms with Crippen molar-refractivity contribution in [3.63, 3.8) is 0 Å². The van der Waals surface area contributed by atoms with Crippen LogP contribution >= 0.6 is 11.6 Å². The zero-order valence-electron chi connectivity index (χ0n) is 10.0. The van der Waals surface area contributed by atoms with Crippen LogP contribution in [-0.4, -0.2) is 11.5 Å². The highest BCUT2D eigenvalue weighted by molar-refractivity contribution is 6.30. The fraction of sp³-hybridized carbons (Fsp3) is 0.214. The molecular weight excluding hydrogens is 251 g/mol. The molecular formula is C14H14ClFN2. The van der Waals surface area contributed by atoms with Crippen molar-refractivity contribution in [2.45, 2.75) is 13.0 Å². The summed E-state index contributed by atoms with van der Waals surface area (Å²) in [4.78, 5) is 4.07. The number of nitrogens with zero attached hydrogens (tertiary/aromatic N) is 1. The second-order valence-electron chi connectivity index (χ2n) is 3.94. The van der Waals surface area contributed by atoms with Crippen LogP contribution in [0.5, 0.6) is 0 Å². The van der Waals surface area contributed by atoms with E-state index in [0.29, 0.717) is 10.6 Å². The molecule has 0 aliphatic carbocycles. The van der Waals surface area contributed by atoms with Crippen LogP contribution in [0, 0.1) is 5.82 Å². The van der Waals surface area contributed by atoms with Crippen LogP contribution in [0.2, 0.25) is 5.02 Å². The molecule has 2 aromatic rings. The van der Waals surface area contributed by atoms with Gasteiger partial charge in [0.15, 0.2) is 0 Å². The Labute approximate surface area is 111 Å². The van der Waals surface area contributed by atoms with Gasteiger partial charge in [0, 0.05) is 23.0 Å². The summed E-state index contributed by atoms with van der Waals surface area (Å²) in [7, 11) is 0. The molecule has 0 spiro atoms. The zero-order chi connectivity index (χ0) is 13.0. The van der Waals surface area contributed by atoms with Crippen LogP contribution in [-0.2, 0) is 0 Å². The smallest absolute Gasteiger partial charge is 0.128 e. The maximum Gasteiger partial charge on any atom is 0.128 e. The van der Waals surface area contributed by atoms with Gasteiger partial charge in [0.1, 0.15) is 5.82 Å². The van der Waals surface area contributed by atoms with Crippen LogP contribution in [0.25, 0.3) is 0 Å². The summed E-state index contributed by atoms with van der Waals surface area (Å²) in [5, 5.41) is 3.77. The van der Waals surface area contributed by atoms with E-state index in [2.05, 4.69) is 10.3 Å². The molecule has 2 rings (SSSR count). The number of hydrogen-bond donors (Lipinski definition) is 1. The normalized spacial score (nSPS) is 12.4. The van der Waals surface area contributed by atoms with Crippen molar-refractivity contribution in [3.8, 4) is 0 Å². The second kappa shape index (κ2) is 5.94. The Kier molecular flexibility index (Phi) is 4.28. The molecule has 1 N–H and O–H groups in total. The van der Waals surface area contributed by atoms with Gasteiger partial charge in [-0.05, 0) is 36.4 Å². The maximum absolute atomic E-state index is 13.9. The molecule has 0 radical (unpaired) electrons. The van der Waals surface area contributed by atoms with Gasteiger partial charge in [-0.25, -0.2) is 4.39 Å². The summed E-state index contributed by atoms with van der Waals surface area (Å²) in [6.45, 7) is 2.71. The van der Waals surface area contributed by atoms with Gasteiger partial charge >= 0.3 is 0 Å². The number of aromatic nitrogens is 1. The number of nitrogens with one attached hydrogen (secondary N) is 1. The summed E-state index contributed by atoms with van der Waals surface area (Å²) < 4.78 is 13.9. The summed E-state index contributed by atoms with van der Waals surface area (Å²) in [5.74, 6) is -0.269. The lowest BCUT2D eigenvalue weighted by Crippen LogP contribution is -2.23. The van der Waals surface area contributed by atoms with E-state index in [1.807, 2.05) is 19.1 Å². The fourth-order valence-electron chi connectivity index (χ4n) is 1.89. The first kappa shape index (κ1) is 13.0. The zero-order valence-corrected chi connectivity index (χ0v) is 10.8. The minimum absolute atomic E-state index is 0.234. The second-order valence-corrected chi connectivity index (χ2v) is 4.38. The molecule has 4 heteroatoms. The number of benzene rings is 1. The van der Waals surface area contributed by atoms with Crippen molar-refractivity contribution in [3.05, 3.63) is 64.7 Å². The highest BCUT2D eigenvalue weighted by Crippen LogP contribution is 2.26. The lowest BCUT2D eigenvalue weighted by molar-refractivity contribution is 0.558. The van der Waals surface area contributed by atoms with Crippen LogP contribution in [0.15, 0.2) is 42.7 Å². The van der Waals surface area contributed by atoms with E-state index in [9.17, 15) is 4.39 Å². The van der Waals surface area contributed by atoms with Gasteiger partial charge in [-0.1, -0.05) is 24.6 Å². The van der Waals surface area contributed by atoms with Crippen molar-refractivity contribution in [1.29, 1.82) is 0 Å². The Morgan fingerprint density at radius 3 is 2.89 bits per heavy atom. The molecule has 1 unspecified atom stereocenters. The first-order valence-electron chi connectivity index (χ1n) is 5.80. The number of hydrogen-bond acceptors (Lipinski definition) is 2. The van der Waals surface area contributed by atoms with Crippen molar-refractivity contribution in [2.75, 3.05) is 6.54 Å². The highest BCUT2D eigenvalue weighted by Gasteiger charge is 2.17. The van der Waals surface area contributed by atoms with Crippen molar-refractivity contribution < 1.29 is 4.39 Å². The maximum atomic E-state index is 13.9. The quantitative estimate of drug-likeness (QED) is 0.913. The minimum Gasteiger partial charge on any atom is -0.306 e. The summed E-state index contributed by atoms with van der Waals surface area (Å²) in [5.41, 5.74) is 1.46. The Hall–Kier alpha value is -1.45. The van der Waals surface area contributed by atoms with Gasteiger partial charge < -0.3 is 5.32 Å². The SMILES string of the molecule is CCNC(c1cccnc1)c1cc(Cl)ccc1F. The summed E-state index contributed by atoms with van der Waals surface area (Å²) in [6.07, 6.45) is 3.43. The monoisotopic (exact) mass is 264 g/mol. The molecule has 94 valence electrons. The number of pyridine rings is 1. The van der Waals surface area contributed by atoms with E-state index in [-0.39, 0.29) is 11.9 Å². The fourth-order valence-corrected chi connectivity index (χ4v) is 2.07. The number of halogens is 2. The third-order valence-corrected chi connectivity index (χ3v) is 2.93. The van der Waals surface area contributed by atoms with E-state index in [0.717, 1.165) is 12.1 Å². The largest absolute Gasteiger partial charge is 0.306 e. The van der Waals surface area contributed by atoms with Gasteiger partial charge in [-0.15, -0.1) is 0 Å². The van der Waals surface area contributed by atoms with Crippen molar-refractivity contribution >= 4 is 11.6 Å². The van der Waals surface area contributed by atoms with Gasteiger partial charge in [0.25, 0.3) is 0 Å². The van der Waals surface area contributed by atoms with Gasteiger partial charge in [0.05, 0.1) is 6.04 Å². The molecule has 0 aliphatic rings. The van der Waals surface area contributed by atoms with E-state index in [1.165, 1.54) is 6.07 Å². The Bertz CT molecular complexity index is 516. The third kappa shape index (κ3) is 2.86. The third-order valence-electron chi connectivity index (χ3n) is 2.70. The number of rotatable bonds is 4. The van der Waals surface area contributed by atoms with E-state index in [4.69, 9.17) is 11.6 Å². The van der Waals surface area contributed by atoms with Gasteiger partial charge in [0.2, 0.25) is 0 Å². The molecule has 2 nitrogen and oxygen atoms in total. The first-order chi connectivity index (χ1) is 8.72. The van der Waals surface area contributed by atoms with E-state index in [1.54, 1.807) is 24.5 Å². The van der Waals surface area contributed by atoms with Gasteiger partial charge in [-0.3, -0.25) is 4.98 Å². The molecule has 1 aromatic carbocycles. The topological polar surface area (TPSA) is 24.9 Å². The van der Waals surface area contributed by atoms with Crippen LogP contribution in [0.1, 0.15) is 24.1 Å². The Balaban J connectivity index is 2.44. The molecule has 0 aliphatic heterocycles. The predicted octanol–water partition coefficient (Wildman–Crippen LogP) is 3.57. The molecule has 0 fully saturated rings. The summed E-state index contributed by atoms with van der Waals surface area (Å²) in [6, 6.07) is 8.10. The predicted molar refractivity (Wildman–Crippen MR) is 71.2 cm³/mol. The molecule has 0 amide bonds. The Morgan fingerprint density at radius 2 is 2.22 bits per heavy atom.